The van der Waals surface area contributed by atoms with Gasteiger partial charge in [0.1, 0.15) is 5.82 Å². The Morgan fingerprint density at radius 2 is 2.26 bits per heavy atom. The number of hydrogen-bond donors (Lipinski definition) is 2. The van der Waals surface area contributed by atoms with Crippen molar-refractivity contribution in [3.05, 3.63) is 45.8 Å². The number of aryl methyl sites for hydroxylation is 1. The number of H-pyrrole nitrogens is 1. The van der Waals surface area contributed by atoms with E-state index in [1.165, 1.54) is 6.07 Å². The van der Waals surface area contributed by atoms with Crippen LogP contribution in [0.5, 0.6) is 0 Å². The van der Waals surface area contributed by atoms with Crippen LogP contribution in [0.3, 0.4) is 0 Å². The summed E-state index contributed by atoms with van der Waals surface area (Å²) in [6.07, 6.45) is 1.75. The zero-order valence-corrected chi connectivity index (χ0v) is 10.9. The summed E-state index contributed by atoms with van der Waals surface area (Å²) >= 11 is 0. The Kier molecular flexibility index (Phi) is 3.91. The van der Waals surface area contributed by atoms with Crippen molar-refractivity contribution in [2.45, 2.75) is 20.4 Å². The summed E-state index contributed by atoms with van der Waals surface area (Å²) in [4.78, 5) is 17.9. The summed E-state index contributed by atoms with van der Waals surface area (Å²) in [5.41, 5.74) is 2.75. The number of benzene rings is 1. The van der Waals surface area contributed by atoms with E-state index < -0.39 is 4.92 Å². The number of aromatic amines is 1. The minimum Gasteiger partial charge on any atom is -0.341 e. The molecule has 2 aromatic rings. The van der Waals surface area contributed by atoms with Gasteiger partial charge in [-0.3, -0.25) is 10.1 Å². The highest BCUT2D eigenvalue weighted by Crippen LogP contribution is 2.25. The second-order valence-corrected chi connectivity index (χ2v) is 4.29. The minimum atomic E-state index is -0.397. The quantitative estimate of drug-likeness (QED) is 0.638. The third-order valence-electron chi connectivity index (χ3n) is 2.88. The van der Waals surface area contributed by atoms with E-state index in [1.807, 2.05) is 13.8 Å². The van der Waals surface area contributed by atoms with E-state index in [1.54, 1.807) is 18.3 Å². The molecule has 0 unspecified atom stereocenters. The summed E-state index contributed by atoms with van der Waals surface area (Å²) in [6, 6.07) is 4.78. The van der Waals surface area contributed by atoms with Crippen LogP contribution in [0.25, 0.3) is 11.4 Å². The lowest BCUT2D eigenvalue weighted by atomic mass is 10.1. The number of non-ortho nitro benzene ring substituents is 1. The number of hydrogen-bond acceptors (Lipinski definition) is 4. The lowest BCUT2D eigenvalue weighted by molar-refractivity contribution is -0.384. The second kappa shape index (κ2) is 5.62. The van der Waals surface area contributed by atoms with Gasteiger partial charge < -0.3 is 10.3 Å². The fourth-order valence-corrected chi connectivity index (χ4v) is 1.82. The van der Waals surface area contributed by atoms with Gasteiger partial charge in [0.25, 0.3) is 5.69 Å². The standard InChI is InChI=1S/C13H16N4O2/c1-3-14-7-10-8-15-13(16-10)12-6-11(17(18)19)5-4-9(12)2/h4-6,8,14H,3,7H2,1-2H3,(H,15,16). The fourth-order valence-electron chi connectivity index (χ4n) is 1.82. The van der Waals surface area contributed by atoms with Gasteiger partial charge in [-0.05, 0) is 19.0 Å². The smallest absolute Gasteiger partial charge is 0.270 e. The van der Waals surface area contributed by atoms with Crippen molar-refractivity contribution in [2.75, 3.05) is 6.54 Å². The summed E-state index contributed by atoms with van der Waals surface area (Å²) < 4.78 is 0. The highest BCUT2D eigenvalue weighted by Gasteiger charge is 2.12. The fraction of sp³-hybridized carbons (Fsp3) is 0.308. The third kappa shape index (κ3) is 2.97. The molecule has 19 heavy (non-hydrogen) atoms. The van der Waals surface area contributed by atoms with E-state index in [0.29, 0.717) is 12.4 Å². The number of aromatic nitrogens is 2. The molecular weight excluding hydrogens is 244 g/mol. The monoisotopic (exact) mass is 260 g/mol. The first kappa shape index (κ1) is 13.2. The average Bonchev–Trinajstić information content (AvgIpc) is 2.85. The molecule has 0 fully saturated rings. The molecule has 0 radical (unpaired) electrons. The van der Waals surface area contributed by atoms with Gasteiger partial charge in [-0.15, -0.1) is 0 Å². The maximum absolute atomic E-state index is 10.8. The largest absolute Gasteiger partial charge is 0.341 e. The molecule has 1 aromatic heterocycles. The topological polar surface area (TPSA) is 83.8 Å². The van der Waals surface area contributed by atoms with Crippen molar-refractivity contribution < 1.29 is 4.92 Å². The van der Waals surface area contributed by atoms with Crippen LogP contribution in [-0.4, -0.2) is 21.4 Å². The number of rotatable bonds is 5. The number of nitro benzene ring substituents is 1. The van der Waals surface area contributed by atoms with Crippen molar-refractivity contribution in [1.29, 1.82) is 0 Å². The lowest BCUT2D eigenvalue weighted by Gasteiger charge is -2.02. The van der Waals surface area contributed by atoms with Gasteiger partial charge in [-0.1, -0.05) is 13.0 Å². The van der Waals surface area contributed by atoms with Crippen molar-refractivity contribution >= 4 is 5.69 Å². The molecular formula is C13H16N4O2. The molecule has 1 heterocycles. The highest BCUT2D eigenvalue weighted by molar-refractivity contribution is 5.63. The van der Waals surface area contributed by atoms with Crippen molar-refractivity contribution in [1.82, 2.24) is 15.3 Å². The normalized spacial score (nSPS) is 10.6. The van der Waals surface area contributed by atoms with E-state index in [4.69, 9.17) is 0 Å². The lowest BCUT2D eigenvalue weighted by Crippen LogP contribution is -2.11. The molecule has 0 aliphatic heterocycles. The van der Waals surface area contributed by atoms with Crippen LogP contribution in [-0.2, 0) is 6.54 Å². The Labute approximate surface area is 111 Å². The zero-order chi connectivity index (χ0) is 13.8. The van der Waals surface area contributed by atoms with Crippen LogP contribution in [0, 0.1) is 17.0 Å². The van der Waals surface area contributed by atoms with Crippen LogP contribution in [0.15, 0.2) is 24.4 Å². The summed E-state index contributed by atoms with van der Waals surface area (Å²) in [7, 11) is 0. The molecule has 0 saturated heterocycles. The average molecular weight is 260 g/mol. The van der Waals surface area contributed by atoms with Crippen molar-refractivity contribution in [3.8, 4) is 11.4 Å². The molecule has 0 atom stereocenters. The molecule has 0 amide bonds. The van der Waals surface area contributed by atoms with Crippen LogP contribution in [0.2, 0.25) is 0 Å². The van der Waals surface area contributed by atoms with Crippen LogP contribution >= 0.6 is 0 Å². The first-order chi connectivity index (χ1) is 9.11. The molecule has 6 nitrogen and oxygen atoms in total. The Morgan fingerprint density at radius 3 is 2.95 bits per heavy atom. The van der Waals surface area contributed by atoms with Gasteiger partial charge in [0.2, 0.25) is 0 Å². The van der Waals surface area contributed by atoms with E-state index >= 15 is 0 Å². The van der Waals surface area contributed by atoms with E-state index in [0.717, 1.165) is 23.4 Å². The third-order valence-corrected chi connectivity index (χ3v) is 2.88. The second-order valence-electron chi connectivity index (χ2n) is 4.29. The summed E-state index contributed by atoms with van der Waals surface area (Å²) in [6.45, 7) is 5.52. The molecule has 2 N–H and O–H groups in total. The van der Waals surface area contributed by atoms with Crippen molar-refractivity contribution in [3.63, 3.8) is 0 Å². The van der Waals surface area contributed by atoms with Gasteiger partial charge in [0.05, 0.1) is 4.92 Å². The predicted octanol–water partition coefficient (Wildman–Crippen LogP) is 2.40. The highest BCUT2D eigenvalue weighted by atomic mass is 16.6. The first-order valence-electron chi connectivity index (χ1n) is 6.12. The Hall–Kier alpha value is -2.21. The molecule has 0 aliphatic carbocycles. The Balaban J connectivity index is 2.32. The molecule has 0 bridgehead atoms. The maximum atomic E-state index is 10.8. The van der Waals surface area contributed by atoms with Gasteiger partial charge in [0, 0.05) is 36.1 Å². The van der Waals surface area contributed by atoms with Crippen LogP contribution in [0.4, 0.5) is 5.69 Å². The maximum Gasteiger partial charge on any atom is 0.270 e. The zero-order valence-electron chi connectivity index (χ0n) is 10.9. The SMILES string of the molecule is CCNCc1cnc(-c2cc([N+](=O)[O-])ccc2C)[nH]1. The number of nitrogens with zero attached hydrogens (tertiary/aromatic N) is 2. The first-order valence-corrected chi connectivity index (χ1v) is 6.12. The van der Waals surface area contributed by atoms with Gasteiger partial charge in [-0.25, -0.2) is 4.98 Å². The Bertz CT molecular complexity index is 592. The number of nitrogens with one attached hydrogen (secondary N) is 2. The van der Waals surface area contributed by atoms with E-state index in [-0.39, 0.29) is 5.69 Å². The van der Waals surface area contributed by atoms with Crippen LogP contribution in [0.1, 0.15) is 18.2 Å². The molecule has 0 aliphatic rings. The molecule has 0 saturated carbocycles. The van der Waals surface area contributed by atoms with Gasteiger partial charge in [-0.2, -0.15) is 0 Å². The molecule has 100 valence electrons. The predicted molar refractivity (Wildman–Crippen MR) is 72.8 cm³/mol. The molecule has 2 rings (SSSR count). The Morgan fingerprint density at radius 1 is 1.47 bits per heavy atom. The summed E-state index contributed by atoms with van der Waals surface area (Å²) in [5, 5.41) is 14.0. The van der Waals surface area contributed by atoms with Gasteiger partial charge >= 0.3 is 0 Å². The summed E-state index contributed by atoms with van der Waals surface area (Å²) in [5.74, 6) is 0.661. The van der Waals surface area contributed by atoms with E-state index in [9.17, 15) is 10.1 Å². The number of imidazole rings is 1. The molecule has 1 aromatic carbocycles. The van der Waals surface area contributed by atoms with Crippen LogP contribution < -0.4 is 5.32 Å². The molecule has 6 heteroatoms. The minimum absolute atomic E-state index is 0.0743. The van der Waals surface area contributed by atoms with E-state index in [2.05, 4.69) is 15.3 Å². The van der Waals surface area contributed by atoms with Crippen molar-refractivity contribution in [2.24, 2.45) is 0 Å². The molecule has 0 spiro atoms. The van der Waals surface area contributed by atoms with Gasteiger partial charge in [0.15, 0.2) is 0 Å². The number of nitro groups is 1.